The van der Waals surface area contributed by atoms with Gasteiger partial charge in [0.05, 0.1) is 0 Å². The highest BCUT2D eigenvalue weighted by Crippen LogP contribution is 2.21. The fourth-order valence-electron chi connectivity index (χ4n) is 2.00. The molecule has 0 radical (unpaired) electrons. The van der Waals surface area contributed by atoms with Crippen LogP contribution in [0.25, 0.3) is 0 Å². The summed E-state index contributed by atoms with van der Waals surface area (Å²) in [6.07, 6.45) is 0. The Morgan fingerprint density at radius 2 is 1.86 bits per heavy atom. The normalized spacial score (nSPS) is 10.3. The quantitative estimate of drug-likeness (QED) is 0.915. The van der Waals surface area contributed by atoms with Crippen molar-refractivity contribution in [2.45, 2.75) is 20.8 Å². The van der Waals surface area contributed by atoms with E-state index in [0.717, 1.165) is 16.8 Å². The van der Waals surface area contributed by atoms with Gasteiger partial charge in [-0.2, -0.15) is 0 Å². The van der Waals surface area contributed by atoms with Crippen molar-refractivity contribution in [1.29, 1.82) is 0 Å². The number of carbonyl (C=O) groups excluding carboxylic acids is 1. The Morgan fingerprint density at radius 1 is 1.10 bits per heavy atom. The second kappa shape index (κ2) is 6.64. The van der Waals surface area contributed by atoms with Gasteiger partial charge in [-0.05, 0) is 56.2 Å². The number of rotatable bonds is 4. The standard InChI is InChI=1S/C17H18ClNO2/c1-11-4-7-16(13(3)8-11)19-17(20)10-21-14-5-6-15(18)12(2)9-14/h4-9H,10H2,1-3H3,(H,19,20). The molecule has 0 heterocycles. The average Bonchev–Trinajstić information content (AvgIpc) is 2.43. The molecular weight excluding hydrogens is 286 g/mol. The lowest BCUT2D eigenvalue weighted by Gasteiger charge is -2.10. The van der Waals surface area contributed by atoms with Crippen molar-refractivity contribution in [3.05, 3.63) is 58.1 Å². The van der Waals surface area contributed by atoms with Gasteiger partial charge in [0.25, 0.3) is 5.91 Å². The van der Waals surface area contributed by atoms with E-state index >= 15 is 0 Å². The highest BCUT2D eigenvalue weighted by molar-refractivity contribution is 6.31. The number of hydrogen-bond acceptors (Lipinski definition) is 2. The maximum absolute atomic E-state index is 11.9. The molecule has 0 unspecified atom stereocenters. The molecule has 2 rings (SSSR count). The molecule has 2 aromatic rings. The van der Waals surface area contributed by atoms with Gasteiger partial charge in [-0.15, -0.1) is 0 Å². The molecule has 0 spiro atoms. The number of ether oxygens (including phenoxy) is 1. The van der Waals surface area contributed by atoms with Gasteiger partial charge in [-0.25, -0.2) is 0 Å². The Balaban J connectivity index is 1.94. The van der Waals surface area contributed by atoms with Gasteiger partial charge in [0.1, 0.15) is 5.75 Å². The molecule has 0 saturated carbocycles. The van der Waals surface area contributed by atoms with Crippen molar-refractivity contribution in [1.82, 2.24) is 0 Å². The van der Waals surface area contributed by atoms with Crippen LogP contribution in [0.3, 0.4) is 0 Å². The van der Waals surface area contributed by atoms with E-state index in [1.54, 1.807) is 12.1 Å². The van der Waals surface area contributed by atoms with E-state index in [1.807, 2.05) is 45.0 Å². The van der Waals surface area contributed by atoms with Gasteiger partial charge in [0.15, 0.2) is 6.61 Å². The van der Waals surface area contributed by atoms with Crippen molar-refractivity contribution in [2.24, 2.45) is 0 Å². The second-order valence-corrected chi connectivity index (χ2v) is 5.47. The van der Waals surface area contributed by atoms with Crippen LogP contribution in [0.5, 0.6) is 5.75 Å². The minimum absolute atomic E-state index is 0.0333. The Morgan fingerprint density at radius 3 is 2.52 bits per heavy atom. The fourth-order valence-corrected chi connectivity index (χ4v) is 2.11. The van der Waals surface area contributed by atoms with Crippen LogP contribution in [-0.2, 0) is 4.79 Å². The molecule has 1 amide bonds. The van der Waals surface area contributed by atoms with E-state index in [1.165, 1.54) is 5.56 Å². The topological polar surface area (TPSA) is 38.3 Å². The molecule has 1 N–H and O–H groups in total. The van der Waals surface area contributed by atoms with Crippen molar-refractivity contribution in [3.8, 4) is 5.75 Å². The van der Waals surface area contributed by atoms with Crippen molar-refractivity contribution >= 4 is 23.2 Å². The molecule has 0 aliphatic heterocycles. The summed E-state index contributed by atoms with van der Waals surface area (Å²) in [6, 6.07) is 11.2. The summed E-state index contributed by atoms with van der Waals surface area (Å²) in [5.74, 6) is 0.447. The Hall–Kier alpha value is -2.00. The van der Waals surface area contributed by atoms with E-state index in [-0.39, 0.29) is 12.5 Å². The molecule has 2 aromatic carbocycles. The lowest BCUT2D eigenvalue weighted by Crippen LogP contribution is -2.20. The molecule has 0 saturated heterocycles. The molecule has 0 aliphatic carbocycles. The van der Waals surface area contributed by atoms with Gasteiger partial charge < -0.3 is 10.1 Å². The number of nitrogens with one attached hydrogen (secondary N) is 1. The number of halogens is 1. The molecule has 0 bridgehead atoms. The Bertz CT molecular complexity index is 668. The highest BCUT2D eigenvalue weighted by Gasteiger charge is 2.06. The second-order valence-electron chi connectivity index (χ2n) is 5.07. The summed E-state index contributed by atoms with van der Waals surface area (Å²) in [7, 11) is 0. The molecule has 110 valence electrons. The zero-order valence-electron chi connectivity index (χ0n) is 12.4. The minimum Gasteiger partial charge on any atom is -0.484 e. The lowest BCUT2D eigenvalue weighted by atomic mass is 10.1. The molecular formula is C17H18ClNO2. The SMILES string of the molecule is Cc1ccc(NC(=O)COc2ccc(Cl)c(C)c2)c(C)c1. The number of anilines is 1. The van der Waals surface area contributed by atoms with E-state index in [0.29, 0.717) is 10.8 Å². The summed E-state index contributed by atoms with van der Waals surface area (Å²) in [5, 5.41) is 3.53. The number of amides is 1. The van der Waals surface area contributed by atoms with Gasteiger partial charge in [-0.1, -0.05) is 29.3 Å². The van der Waals surface area contributed by atoms with Gasteiger partial charge in [0, 0.05) is 10.7 Å². The maximum atomic E-state index is 11.9. The molecule has 21 heavy (non-hydrogen) atoms. The molecule has 0 atom stereocenters. The fraction of sp³-hybridized carbons (Fsp3) is 0.235. The van der Waals surface area contributed by atoms with Gasteiger partial charge in [0.2, 0.25) is 0 Å². The predicted molar refractivity (Wildman–Crippen MR) is 86.2 cm³/mol. The van der Waals surface area contributed by atoms with Gasteiger partial charge >= 0.3 is 0 Å². The first-order valence-corrected chi connectivity index (χ1v) is 7.09. The third-order valence-electron chi connectivity index (χ3n) is 3.16. The van der Waals surface area contributed by atoms with E-state index in [4.69, 9.17) is 16.3 Å². The van der Waals surface area contributed by atoms with Crippen LogP contribution in [0.2, 0.25) is 5.02 Å². The van der Waals surface area contributed by atoms with E-state index < -0.39 is 0 Å². The van der Waals surface area contributed by atoms with Crippen LogP contribution >= 0.6 is 11.6 Å². The molecule has 4 heteroatoms. The lowest BCUT2D eigenvalue weighted by molar-refractivity contribution is -0.118. The molecule has 0 fully saturated rings. The van der Waals surface area contributed by atoms with E-state index in [9.17, 15) is 4.79 Å². The Kier molecular flexibility index (Phi) is 4.86. The third-order valence-corrected chi connectivity index (χ3v) is 3.58. The van der Waals surface area contributed by atoms with Crippen LogP contribution in [0, 0.1) is 20.8 Å². The number of carbonyl (C=O) groups is 1. The highest BCUT2D eigenvalue weighted by atomic mass is 35.5. The van der Waals surface area contributed by atoms with Crippen LogP contribution in [0.1, 0.15) is 16.7 Å². The first-order valence-electron chi connectivity index (χ1n) is 6.72. The first kappa shape index (κ1) is 15.4. The monoisotopic (exact) mass is 303 g/mol. The van der Waals surface area contributed by atoms with Gasteiger partial charge in [-0.3, -0.25) is 4.79 Å². The molecule has 0 aliphatic rings. The summed E-state index contributed by atoms with van der Waals surface area (Å²) in [4.78, 5) is 11.9. The summed E-state index contributed by atoms with van der Waals surface area (Å²) >= 11 is 5.95. The summed E-state index contributed by atoms with van der Waals surface area (Å²) in [6.45, 7) is 5.84. The van der Waals surface area contributed by atoms with Crippen LogP contribution in [-0.4, -0.2) is 12.5 Å². The minimum atomic E-state index is -0.186. The van der Waals surface area contributed by atoms with E-state index in [2.05, 4.69) is 5.32 Å². The van der Waals surface area contributed by atoms with Crippen LogP contribution < -0.4 is 10.1 Å². The van der Waals surface area contributed by atoms with Crippen LogP contribution in [0.4, 0.5) is 5.69 Å². The average molecular weight is 304 g/mol. The predicted octanol–water partition coefficient (Wildman–Crippen LogP) is 4.28. The third kappa shape index (κ3) is 4.23. The first-order chi connectivity index (χ1) is 9.95. The number of hydrogen-bond donors (Lipinski definition) is 1. The summed E-state index contributed by atoms with van der Waals surface area (Å²) < 4.78 is 5.47. The zero-order valence-corrected chi connectivity index (χ0v) is 13.1. The number of benzene rings is 2. The van der Waals surface area contributed by atoms with Crippen molar-refractivity contribution in [2.75, 3.05) is 11.9 Å². The van der Waals surface area contributed by atoms with Crippen molar-refractivity contribution < 1.29 is 9.53 Å². The smallest absolute Gasteiger partial charge is 0.262 e. The van der Waals surface area contributed by atoms with Crippen LogP contribution in [0.15, 0.2) is 36.4 Å². The molecule has 0 aromatic heterocycles. The Labute approximate surface area is 129 Å². The number of aryl methyl sites for hydroxylation is 3. The maximum Gasteiger partial charge on any atom is 0.262 e. The largest absolute Gasteiger partial charge is 0.484 e. The summed E-state index contributed by atoms with van der Waals surface area (Å²) in [5.41, 5.74) is 3.93. The zero-order chi connectivity index (χ0) is 15.4. The van der Waals surface area contributed by atoms with Crippen molar-refractivity contribution in [3.63, 3.8) is 0 Å². The molecule has 3 nitrogen and oxygen atoms in total.